The molecule has 0 bridgehead atoms. The number of rotatable bonds is 2. The highest BCUT2D eigenvalue weighted by Crippen LogP contribution is 2.30. The predicted octanol–water partition coefficient (Wildman–Crippen LogP) is 5.47. The molecule has 0 radical (unpaired) electrons. The second-order valence-corrected chi connectivity index (χ2v) is 5.57. The fourth-order valence-corrected chi connectivity index (χ4v) is 2.37. The molecule has 3 rings (SSSR count). The Bertz CT molecular complexity index is 751. The number of halogens is 2. The second-order valence-electron chi connectivity index (χ2n) is 4.30. The molecule has 0 aliphatic carbocycles. The van der Waals surface area contributed by atoms with Gasteiger partial charge in [0, 0.05) is 10.0 Å². The molecule has 19 heavy (non-hydrogen) atoms. The highest BCUT2D eigenvalue weighted by Gasteiger charge is 2.10. The average Bonchev–Trinajstić information content (AvgIpc) is 2.84. The molecule has 4 heteroatoms. The van der Waals surface area contributed by atoms with Crippen molar-refractivity contribution in [1.82, 2.24) is 4.98 Å². The maximum atomic E-state index is 6.09. The molecule has 1 aromatic heterocycles. The first kappa shape index (κ1) is 12.7. The lowest BCUT2D eigenvalue weighted by molar-refractivity contribution is 0.620. The Balaban J connectivity index is 2.11. The van der Waals surface area contributed by atoms with Gasteiger partial charge >= 0.3 is 0 Å². The number of benzene rings is 2. The van der Waals surface area contributed by atoms with Crippen molar-refractivity contribution in [1.29, 1.82) is 0 Å². The van der Waals surface area contributed by atoms with E-state index < -0.39 is 0 Å². The van der Waals surface area contributed by atoms with E-state index in [0.29, 0.717) is 10.9 Å². The summed E-state index contributed by atoms with van der Waals surface area (Å²) >= 11 is 9.47. The van der Waals surface area contributed by atoms with Gasteiger partial charge in [0.2, 0.25) is 5.89 Å². The summed E-state index contributed by atoms with van der Waals surface area (Å²) in [6, 6.07) is 11.8. The van der Waals surface area contributed by atoms with Crippen LogP contribution in [0.5, 0.6) is 0 Å². The Kier molecular flexibility index (Phi) is 3.33. The standard InChI is InChI=1S/C15H11BrClNO/c1-2-9-3-6-14-13(7-9)18-15(19-14)10-4-5-11(16)12(17)8-10/h3-8H,2H2,1H3. The monoisotopic (exact) mass is 335 g/mol. The van der Waals surface area contributed by atoms with Crippen molar-refractivity contribution >= 4 is 38.6 Å². The van der Waals surface area contributed by atoms with Gasteiger partial charge in [-0.1, -0.05) is 24.6 Å². The number of hydrogen-bond donors (Lipinski definition) is 0. The molecule has 0 aliphatic rings. The second kappa shape index (κ2) is 4.99. The predicted molar refractivity (Wildman–Crippen MR) is 81.5 cm³/mol. The number of nitrogens with zero attached hydrogens (tertiary/aromatic N) is 1. The highest BCUT2D eigenvalue weighted by atomic mass is 79.9. The molecule has 2 aromatic carbocycles. The van der Waals surface area contributed by atoms with Gasteiger partial charge in [0.15, 0.2) is 5.58 Å². The lowest BCUT2D eigenvalue weighted by Gasteiger charge is -1.98. The first-order chi connectivity index (χ1) is 9.17. The summed E-state index contributed by atoms with van der Waals surface area (Å²) < 4.78 is 6.63. The number of oxazole rings is 1. The Morgan fingerprint density at radius 1 is 1.21 bits per heavy atom. The largest absolute Gasteiger partial charge is 0.436 e. The van der Waals surface area contributed by atoms with Crippen LogP contribution in [-0.2, 0) is 6.42 Å². The lowest BCUT2D eigenvalue weighted by Crippen LogP contribution is -1.79. The molecule has 0 spiro atoms. The molecule has 0 unspecified atom stereocenters. The molecular formula is C15H11BrClNO. The van der Waals surface area contributed by atoms with Gasteiger partial charge in [0.1, 0.15) is 5.52 Å². The minimum atomic E-state index is 0.595. The summed E-state index contributed by atoms with van der Waals surface area (Å²) in [4.78, 5) is 4.52. The van der Waals surface area contributed by atoms with E-state index in [1.807, 2.05) is 24.3 Å². The average molecular weight is 337 g/mol. The first-order valence-corrected chi connectivity index (χ1v) is 7.19. The summed E-state index contributed by atoms with van der Waals surface area (Å²) in [5, 5.41) is 0.647. The Hall–Kier alpha value is -1.32. The zero-order valence-corrected chi connectivity index (χ0v) is 12.6. The summed E-state index contributed by atoms with van der Waals surface area (Å²) in [6.45, 7) is 2.12. The molecule has 96 valence electrons. The van der Waals surface area contributed by atoms with Crippen LogP contribution in [0.3, 0.4) is 0 Å². The van der Waals surface area contributed by atoms with E-state index in [1.165, 1.54) is 5.56 Å². The third-order valence-corrected chi connectivity index (χ3v) is 4.26. The van der Waals surface area contributed by atoms with Crippen LogP contribution in [0.1, 0.15) is 12.5 Å². The molecule has 0 saturated heterocycles. The third kappa shape index (κ3) is 2.40. The molecule has 0 fully saturated rings. The van der Waals surface area contributed by atoms with Gasteiger partial charge in [-0.25, -0.2) is 4.98 Å². The molecule has 0 atom stereocenters. The molecule has 0 saturated carbocycles. The molecule has 1 heterocycles. The van der Waals surface area contributed by atoms with Crippen molar-refractivity contribution in [2.24, 2.45) is 0 Å². The fourth-order valence-electron chi connectivity index (χ4n) is 1.95. The SMILES string of the molecule is CCc1ccc2oc(-c3ccc(Br)c(Cl)c3)nc2c1. The third-order valence-electron chi connectivity index (χ3n) is 3.03. The van der Waals surface area contributed by atoms with E-state index in [4.69, 9.17) is 16.0 Å². The summed E-state index contributed by atoms with van der Waals surface area (Å²) in [6.07, 6.45) is 0.988. The Morgan fingerprint density at radius 3 is 2.79 bits per heavy atom. The maximum absolute atomic E-state index is 6.09. The van der Waals surface area contributed by atoms with Crippen LogP contribution < -0.4 is 0 Å². The highest BCUT2D eigenvalue weighted by molar-refractivity contribution is 9.10. The van der Waals surface area contributed by atoms with Gasteiger partial charge in [0.05, 0.1) is 5.02 Å². The fraction of sp³-hybridized carbons (Fsp3) is 0.133. The van der Waals surface area contributed by atoms with Gasteiger partial charge in [-0.3, -0.25) is 0 Å². The van der Waals surface area contributed by atoms with Crippen LogP contribution in [0.2, 0.25) is 5.02 Å². The van der Waals surface area contributed by atoms with Gasteiger partial charge < -0.3 is 4.42 Å². The van der Waals surface area contributed by atoms with E-state index in [-0.39, 0.29) is 0 Å². The van der Waals surface area contributed by atoms with Crippen molar-refractivity contribution in [3.05, 3.63) is 51.5 Å². The minimum absolute atomic E-state index is 0.595. The van der Waals surface area contributed by atoms with Crippen molar-refractivity contribution < 1.29 is 4.42 Å². The summed E-state index contributed by atoms with van der Waals surface area (Å²) in [5.41, 5.74) is 3.81. The van der Waals surface area contributed by atoms with Gasteiger partial charge in [-0.15, -0.1) is 0 Å². The van der Waals surface area contributed by atoms with Gasteiger partial charge in [-0.2, -0.15) is 0 Å². The molecule has 0 amide bonds. The maximum Gasteiger partial charge on any atom is 0.227 e. The Labute approximate surface area is 124 Å². The molecule has 2 nitrogen and oxygen atoms in total. The van der Waals surface area contributed by atoms with Crippen LogP contribution >= 0.6 is 27.5 Å². The van der Waals surface area contributed by atoms with Crippen molar-refractivity contribution in [3.8, 4) is 11.5 Å². The van der Waals surface area contributed by atoms with Crippen molar-refractivity contribution in [2.75, 3.05) is 0 Å². The molecule has 0 aliphatic heterocycles. The van der Waals surface area contributed by atoms with E-state index >= 15 is 0 Å². The normalized spacial score (nSPS) is 11.1. The molecule has 0 N–H and O–H groups in total. The van der Waals surface area contributed by atoms with E-state index in [2.05, 4.69) is 40.0 Å². The lowest BCUT2D eigenvalue weighted by atomic mass is 10.1. The smallest absolute Gasteiger partial charge is 0.227 e. The van der Waals surface area contributed by atoms with Gasteiger partial charge in [0.25, 0.3) is 0 Å². The number of aryl methyl sites for hydroxylation is 1. The topological polar surface area (TPSA) is 26.0 Å². The van der Waals surface area contributed by atoms with E-state index in [0.717, 1.165) is 27.6 Å². The van der Waals surface area contributed by atoms with Crippen LogP contribution in [0.15, 0.2) is 45.3 Å². The van der Waals surface area contributed by atoms with E-state index in [1.54, 1.807) is 0 Å². The molecule has 3 aromatic rings. The van der Waals surface area contributed by atoms with Crippen LogP contribution in [0.4, 0.5) is 0 Å². The first-order valence-electron chi connectivity index (χ1n) is 6.02. The Morgan fingerprint density at radius 2 is 2.05 bits per heavy atom. The summed E-state index contributed by atoms with van der Waals surface area (Å²) in [7, 11) is 0. The summed E-state index contributed by atoms with van der Waals surface area (Å²) in [5.74, 6) is 0.595. The van der Waals surface area contributed by atoms with E-state index in [9.17, 15) is 0 Å². The minimum Gasteiger partial charge on any atom is -0.436 e. The number of aromatic nitrogens is 1. The van der Waals surface area contributed by atoms with Gasteiger partial charge in [-0.05, 0) is 58.2 Å². The van der Waals surface area contributed by atoms with Crippen molar-refractivity contribution in [3.63, 3.8) is 0 Å². The van der Waals surface area contributed by atoms with Crippen LogP contribution in [0, 0.1) is 0 Å². The number of hydrogen-bond acceptors (Lipinski definition) is 2. The zero-order chi connectivity index (χ0) is 13.4. The van der Waals surface area contributed by atoms with Crippen molar-refractivity contribution in [2.45, 2.75) is 13.3 Å². The number of fused-ring (bicyclic) bond motifs is 1. The van der Waals surface area contributed by atoms with Crippen LogP contribution in [-0.4, -0.2) is 4.98 Å². The van der Waals surface area contributed by atoms with Crippen LogP contribution in [0.25, 0.3) is 22.6 Å². The zero-order valence-electron chi connectivity index (χ0n) is 10.3. The molecular weight excluding hydrogens is 326 g/mol. The quantitative estimate of drug-likeness (QED) is 0.620.